The second kappa shape index (κ2) is 6.19. The zero-order valence-corrected chi connectivity index (χ0v) is 14.0. The Bertz CT molecular complexity index is 1050. The fraction of sp³-hybridized carbons (Fsp3) is 0. The van der Waals surface area contributed by atoms with Gasteiger partial charge in [0.15, 0.2) is 5.82 Å². The molecule has 0 spiro atoms. The third kappa shape index (κ3) is 2.84. The summed E-state index contributed by atoms with van der Waals surface area (Å²) in [4.78, 5) is 13.7. The number of nitrogens with zero attached hydrogens (tertiary/aromatic N) is 3. The first-order valence-corrected chi connectivity index (χ1v) is 8.11. The van der Waals surface area contributed by atoms with Crippen LogP contribution in [0.1, 0.15) is 0 Å². The van der Waals surface area contributed by atoms with Gasteiger partial charge < -0.3 is 0 Å². The molecule has 0 saturated heterocycles. The van der Waals surface area contributed by atoms with E-state index in [1.165, 1.54) is 0 Å². The third-order valence-electron chi connectivity index (χ3n) is 3.67. The van der Waals surface area contributed by atoms with Crippen LogP contribution in [0.5, 0.6) is 0 Å². The Kier molecular flexibility index (Phi) is 3.89. The van der Waals surface area contributed by atoms with Crippen LogP contribution in [0.4, 0.5) is 0 Å². The third-order valence-corrected chi connectivity index (χ3v) is 4.24. The highest BCUT2D eigenvalue weighted by Gasteiger charge is 2.09. The molecule has 0 aliphatic rings. The van der Waals surface area contributed by atoms with Crippen molar-refractivity contribution in [3.8, 4) is 22.8 Å². The number of halogens is 2. The lowest BCUT2D eigenvalue weighted by molar-refractivity contribution is 1.18. The molecule has 0 saturated carbocycles. The van der Waals surface area contributed by atoms with Gasteiger partial charge in [0.1, 0.15) is 5.69 Å². The van der Waals surface area contributed by atoms with Crippen LogP contribution in [0.2, 0.25) is 10.0 Å². The number of para-hydroxylation sites is 1. The largest absolute Gasteiger partial charge is 0.244 e. The van der Waals surface area contributed by atoms with Gasteiger partial charge in [0.05, 0.1) is 16.2 Å². The fourth-order valence-electron chi connectivity index (χ4n) is 2.50. The van der Waals surface area contributed by atoms with Crippen molar-refractivity contribution in [1.29, 1.82) is 0 Å². The minimum Gasteiger partial charge on any atom is -0.244 e. The van der Waals surface area contributed by atoms with Crippen LogP contribution >= 0.6 is 23.2 Å². The standard InChI is InChI=1S/C19H11Cl2N3/c20-13-8-9-15(21)14(10-13)17-6-3-7-18(23-17)19-22-11-12-4-1-2-5-16(12)24-19/h1-11H. The van der Waals surface area contributed by atoms with Crippen LogP contribution in [-0.4, -0.2) is 15.0 Å². The molecule has 0 aliphatic heterocycles. The summed E-state index contributed by atoms with van der Waals surface area (Å²) in [7, 11) is 0. The average Bonchev–Trinajstić information content (AvgIpc) is 2.63. The monoisotopic (exact) mass is 351 g/mol. The van der Waals surface area contributed by atoms with Gasteiger partial charge in [-0.25, -0.2) is 15.0 Å². The number of aromatic nitrogens is 3. The first kappa shape index (κ1) is 15.1. The number of pyridine rings is 1. The molecule has 24 heavy (non-hydrogen) atoms. The molecule has 0 radical (unpaired) electrons. The topological polar surface area (TPSA) is 38.7 Å². The van der Waals surface area contributed by atoms with Crippen molar-refractivity contribution in [3.05, 3.63) is 76.9 Å². The first-order chi connectivity index (χ1) is 11.7. The molecule has 0 amide bonds. The van der Waals surface area contributed by atoms with Crippen LogP contribution in [0.25, 0.3) is 33.7 Å². The van der Waals surface area contributed by atoms with E-state index in [2.05, 4.69) is 15.0 Å². The summed E-state index contributed by atoms with van der Waals surface area (Å²) in [6.07, 6.45) is 1.80. The molecule has 2 aromatic carbocycles. The second-order valence-corrected chi connectivity index (χ2v) is 6.13. The molecule has 5 heteroatoms. The first-order valence-electron chi connectivity index (χ1n) is 7.35. The maximum atomic E-state index is 6.28. The summed E-state index contributed by atoms with van der Waals surface area (Å²) in [6, 6.07) is 18.9. The zero-order valence-electron chi connectivity index (χ0n) is 12.4. The predicted molar refractivity (Wildman–Crippen MR) is 98.2 cm³/mol. The van der Waals surface area contributed by atoms with Gasteiger partial charge in [-0.1, -0.05) is 47.5 Å². The normalized spacial score (nSPS) is 10.9. The summed E-state index contributed by atoms with van der Waals surface area (Å²) in [5.74, 6) is 0.578. The summed E-state index contributed by atoms with van der Waals surface area (Å²) in [5.41, 5.74) is 3.09. The van der Waals surface area contributed by atoms with E-state index >= 15 is 0 Å². The van der Waals surface area contributed by atoms with Crippen LogP contribution < -0.4 is 0 Å². The molecule has 0 N–H and O–H groups in total. The van der Waals surface area contributed by atoms with E-state index in [0.29, 0.717) is 21.6 Å². The minimum absolute atomic E-state index is 0.578. The number of hydrogen-bond donors (Lipinski definition) is 0. The molecular formula is C19H11Cl2N3. The Balaban J connectivity index is 1.83. The summed E-state index contributed by atoms with van der Waals surface area (Å²) in [5, 5.41) is 2.21. The Morgan fingerprint density at radius 3 is 2.50 bits per heavy atom. The summed E-state index contributed by atoms with van der Waals surface area (Å²) < 4.78 is 0. The summed E-state index contributed by atoms with van der Waals surface area (Å²) in [6.45, 7) is 0. The van der Waals surface area contributed by atoms with Gasteiger partial charge in [0.2, 0.25) is 0 Å². The maximum absolute atomic E-state index is 6.28. The minimum atomic E-state index is 0.578. The number of benzene rings is 2. The van der Waals surface area contributed by atoms with Gasteiger partial charge in [-0.2, -0.15) is 0 Å². The predicted octanol–water partition coefficient (Wildman–Crippen LogP) is 5.67. The van der Waals surface area contributed by atoms with E-state index in [1.807, 2.05) is 42.5 Å². The lowest BCUT2D eigenvalue weighted by Gasteiger charge is -2.07. The zero-order chi connectivity index (χ0) is 16.5. The van der Waals surface area contributed by atoms with Gasteiger partial charge in [-0.15, -0.1) is 0 Å². The Morgan fingerprint density at radius 1 is 0.750 bits per heavy atom. The number of rotatable bonds is 2. The SMILES string of the molecule is Clc1ccc(Cl)c(-c2cccc(-c3ncc4ccccc4n3)n2)c1. The Hall–Kier alpha value is -2.49. The van der Waals surface area contributed by atoms with Crippen molar-refractivity contribution >= 4 is 34.1 Å². The summed E-state index contributed by atoms with van der Waals surface area (Å²) >= 11 is 12.4. The van der Waals surface area contributed by atoms with Crippen LogP contribution in [-0.2, 0) is 0 Å². The van der Waals surface area contributed by atoms with E-state index in [1.54, 1.807) is 24.4 Å². The van der Waals surface area contributed by atoms with Gasteiger partial charge in [-0.3, -0.25) is 0 Å². The van der Waals surface area contributed by atoms with Crippen molar-refractivity contribution in [1.82, 2.24) is 15.0 Å². The average molecular weight is 352 g/mol. The van der Waals surface area contributed by atoms with Gasteiger partial charge in [0, 0.05) is 22.2 Å². The molecule has 0 fully saturated rings. The van der Waals surface area contributed by atoms with Crippen molar-refractivity contribution < 1.29 is 0 Å². The van der Waals surface area contributed by atoms with E-state index in [-0.39, 0.29) is 0 Å². The molecule has 0 aliphatic carbocycles. The molecule has 0 atom stereocenters. The molecule has 0 bridgehead atoms. The fourth-order valence-corrected chi connectivity index (χ4v) is 2.89. The van der Waals surface area contributed by atoms with E-state index in [9.17, 15) is 0 Å². The molecule has 4 rings (SSSR count). The number of hydrogen-bond acceptors (Lipinski definition) is 3. The van der Waals surface area contributed by atoms with Crippen molar-refractivity contribution in [3.63, 3.8) is 0 Å². The molecule has 116 valence electrons. The second-order valence-electron chi connectivity index (χ2n) is 5.28. The highest BCUT2D eigenvalue weighted by atomic mass is 35.5. The molecule has 0 unspecified atom stereocenters. The van der Waals surface area contributed by atoms with Crippen LogP contribution in [0.15, 0.2) is 66.9 Å². The number of fused-ring (bicyclic) bond motifs is 1. The Labute approximate surface area is 148 Å². The molecule has 2 heterocycles. The van der Waals surface area contributed by atoms with Gasteiger partial charge >= 0.3 is 0 Å². The molecular weight excluding hydrogens is 341 g/mol. The molecule has 4 aromatic rings. The van der Waals surface area contributed by atoms with Crippen LogP contribution in [0, 0.1) is 0 Å². The van der Waals surface area contributed by atoms with E-state index < -0.39 is 0 Å². The highest BCUT2D eigenvalue weighted by molar-refractivity contribution is 6.35. The molecule has 2 aromatic heterocycles. The van der Waals surface area contributed by atoms with E-state index in [0.717, 1.165) is 22.2 Å². The van der Waals surface area contributed by atoms with E-state index in [4.69, 9.17) is 23.2 Å². The lowest BCUT2D eigenvalue weighted by atomic mass is 10.1. The van der Waals surface area contributed by atoms with Gasteiger partial charge in [0.25, 0.3) is 0 Å². The van der Waals surface area contributed by atoms with Crippen molar-refractivity contribution in [2.75, 3.05) is 0 Å². The Morgan fingerprint density at radius 2 is 1.58 bits per heavy atom. The van der Waals surface area contributed by atoms with Crippen molar-refractivity contribution in [2.45, 2.75) is 0 Å². The van der Waals surface area contributed by atoms with Gasteiger partial charge in [-0.05, 0) is 36.4 Å². The highest BCUT2D eigenvalue weighted by Crippen LogP contribution is 2.30. The quantitative estimate of drug-likeness (QED) is 0.467. The maximum Gasteiger partial charge on any atom is 0.178 e. The van der Waals surface area contributed by atoms with Crippen molar-refractivity contribution in [2.24, 2.45) is 0 Å². The molecule has 3 nitrogen and oxygen atoms in total. The smallest absolute Gasteiger partial charge is 0.178 e. The van der Waals surface area contributed by atoms with Crippen LogP contribution in [0.3, 0.4) is 0 Å². The lowest BCUT2D eigenvalue weighted by Crippen LogP contribution is -1.94.